The third kappa shape index (κ3) is 2.20. The van der Waals surface area contributed by atoms with Gasteiger partial charge in [-0.05, 0) is 30.4 Å². The van der Waals surface area contributed by atoms with Crippen LogP contribution >= 0.6 is 0 Å². The minimum Gasteiger partial charge on any atom is -0.320 e. The molecule has 2 aromatic rings. The number of imidazole rings is 1. The number of amides is 1. The number of benzene rings is 1. The first-order chi connectivity index (χ1) is 11.6. The normalized spacial score (nSPS) is 14.9. The molecule has 0 fully saturated rings. The van der Waals surface area contributed by atoms with E-state index in [2.05, 4.69) is 10.3 Å². The SMILES string of the molecule is O=C(Nc1ccccc1F)C1=c2nc3c(n2CC=C1)=CC=CC3=O. The summed E-state index contributed by atoms with van der Waals surface area (Å²) in [5.74, 6) is -1.18. The van der Waals surface area contributed by atoms with Gasteiger partial charge in [-0.1, -0.05) is 24.3 Å². The second kappa shape index (κ2) is 5.42. The number of nitrogens with one attached hydrogen (secondary N) is 1. The minimum atomic E-state index is -0.512. The summed E-state index contributed by atoms with van der Waals surface area (Å²) in [6.07, 6.45) is 8.34. The van der Waals surface area contributed by atoms with Gasteiger partial charge in [-0.2, -0.15) is 0 Å². The van der Waals surface area contributed by atoms with E-state index in [1.165, 1.54) is 18.2 Å². The molecule has 0 saturated heterocycles. The van der Waals surface area contributed by atoms with Gasteiger partial charge in [0.15, 0.2) is 0 Å². The number of hydrogen-bond acceptors (Lipinski definition) is 3. The maximum Gasteiger partial charge on any atom is 0.259 e. The van der Waals surface area contributed by atoms with E-state index in [4.69, 9.17) is 0 Å². The fraction of sp³-hybridized carbons (Fsp3) is 0.0556. The van der Waals surface area contributed by atoms with Gasteiger partial charge in [0.1, 0.15) is 17.0 Å². The number of hydrogen-bond donors (Lipinski definition) is 1. The van der Waals surface area contributed by atoms with Crippen molar-refractivity contribution >= 4 is 29.0 Å². The average Bonchev–Trinajstić information content (AvgIpc) is 2.97. The molecule has 1 aromatic carbocycles. The number of ketones is 1. The Morgan fingerprint density at radius 1 is 1.25 bits per heavy atom. The number of anilines is 1. The number of para-hydroxylation sites is 1. The van der Waals surface area contributed by atoms with Gasteiger partial charge in [-0.3, -0.25) is 9.59 Å². The molecule has 1 aliphatic heterocycles. The van der Waals surface area contributed by atoms with Crippen molar-refractivity contribution in [3.8, 4) is 0 Å². The largest absolute Gasteiger partial charge is 0.320 e. The van der Waals surface area contributed by atoms with E-state index >= 15 is 0 Å². The van der Waals surface area contributed by atoms with Gasteiger partial charge in [0.2, 0.25) is 5.78 Å². The molecule has 0 bridgehead atoms. The van der Waals surface area contributed by atoms with E-state index in [1.54, 1.807) is 34.9 Å². The summed E-state index contributed by atoms with van der Waals surface area (Å²) in [5, 5.41) is 3.22. The molecule has 4 rings (SSSR count). The number of fused-ring (bicyclic) bond motifs is 3. The fourth-order valence-electron chi connectivity index (χ4n) is 2.79. The highest BCUT2D eigenvalue weighted by Gasteiger charge is 2.21. The summed E-state index contributed by atoms with van der Waals surface area (Å²) in [7, 11) is 0. The van der Waals surface area contributed by atoms with Crippen molar-refractivity contribution in [2.75, 3.05) is 5.32 Å². The zero-order valence-corrected chi connectivity index (χ0v) is 12.5. The molecule has 1 aliphatic carbocycles. The van der Waals surface area contributed by atoms with Crippen molar-refractivity contribution < 1.29 is 14.0 Å². The Hall–Kier alpha value is -3.28. The van der Waals surface area contributed by atoms with Crippen LogP contribution in [-0.4, -0.2) is 21.2 Å². The smallest absolute Gasteiger partial charge is 0.259 e. The van der Waals surface area contributed by atoms with Crippen molar-refractivity contribution in [3.63, 3.8) is 0 Å². The van der Waals surface area contributed by atoms with E-state index in [-0.39, 0.29) is 11.5 Å². The molecule has 24 heavy (non-hydrogen) atoms. The molecule has 0 unspecified atom stereocenters. The Bertz CT molecular complexity index is 1060. The van der Waals surface area contributed by atoms with E-state index in [0.29, 0.717) is 28.6 Å². The third-order valence-corrected chi connectivity index (χ3v) is 3.92. The van der Waals surface area contributed by atoms with Crippen LogP contribution in [0.3, 0.4) is 0 Å². The highest BCUT2D eigenvalue weighted by Crippen LogP contribution is 2.14. The molecule has 118 valence electrons. The molecule has 2 heterocycles. The molecule has 1 N–H and O–H groups in total. The lowest BCUT2D eigenvalue weighted by molar-refractivity contribution is -0.111. The van der Waals surface area contributed by atoms with E-state index in [9.17, 15) is 14.0 Å². The van der Waals surface area contributed by atoms with Crippen molar-refractivity contribution in [1.82, 2.24) is 9.55 Å². The first-order valence-electron chi connectivity index (χ1n) is 7.41. The quantitative estimate of drug-likeness (QED) is 0.894. The zero-order valence-electron chi connectivity index (χ0n) is 12.5. The maximum atomic E-state index is 13.7. The molecule has 0 atom stereocenters. The first-order valence-corrected chi connectivity index (χ1v) is 7.41. The van der Waals surface area contributed by atoms with Gasteiger partial charge in [0.25, 0.3) is 5.91 Å². The van der Waals surface area contributed by atoms with Crippen LogP contribution < -0.4 is 16.1 Å². The van der Waals surface area contributed by atoms with Gasteiger partial charge in [-0.25, -0.2) is 9.37 Å². The van der Waals surface area contributed by atoms with Crippen molar-refractivity contribution in [1.29, 1.82) is 0 Å². The summed E-state index contributed by atoms with van der Waals surface area (Å²) < 4.78 is 15.5. The summed E-state index contributed by atoms with van der Waals surface area (Å²) in [5.41, 5.74) is 1.12. The van der Waals surface area contributed by atoms with Crippen LogP contribution in [0.15, 0.2) is 48.6 Å². The third-order valence-electron chi connectivity index (χ3n) is 3.92. The number of aromatic nitrogens is 2. The molecule has 1 aromatic heterocycles. The second-order valence-corrected chi connectivity index (χ2v) is 5.42. The number of halogens is 1. The number of allylic oxidation sites excluding steroid dienone is 3. The van der Waals surface area contributed by atoms with Gasteiger partial charge in [0, 0.05) is 6.54 Å². The Morgan fingerprint density at radius 3 is 2.92 bits per heavy atom. The Labute approximate surface area is 136 Å². The van der Waals surface area contributed by atoms with Crippen molar-refractivity contribution in [3.05, 3.63) is 70.9 Å². The highest BCUT2D eigenvalue weighted by atomic mass is 19.1. The average molecular weight is 321 g/mol. The number of nitrogens with zero attached hydrogens (tertiary/aromatic N) is 2. The van der Waals surface area contributed by atoms with Crippen LogP contribution in [0, 0.1) is 5.82 Å². The second-order valence-electron chi connectivity index (χ2n) is 5.42. The molecular weight excluding hydrogens is 309 g/mol. The number of carbonyl (C=O) groups excluding carboxylic acids is 2. The minimum absolute atomic E-state index is 0.0983. The fourth-order valence-corrected chi connectivity index (χ4v) is 2.79. The van der Waals surface area contributed by atoms with Crippen LogP contribution in [0.4, 0.5) is 10.1 Å². The topological polar surface area (TPSA) is 64.0 Å². The van der Waals surface area contributed by atoms with Crippen LogP contribution in [-0.2, 0) is 11.3 Å². The summed E-state index contributed by atoms with van der Waals surface area (Å²) >= 11 is 0. The molecule has 1 amide bonds. The number of rotatable bonds is 2. The molecule has 6 heteroatoms. The van der Waals surface area contributed by atoms with Gasteiger partial charge in [-0.15, -0.1) is 0 Å². The van der Waals surface area contributed by atoms with E-state index in [1.807, 2.05) is 6.08 Å². The molecule has 0 radical (unpaired) electrons. The Kier molecular flexibility index (Phi) is 3.23. The summed E-state index contributed by atoms with van der Waals surface area (Å²) in [6, 6.07) is 5.95. The molecule has 0 saturated carbocycles. The predicted octanol–water partition coefficient (Wildman–Crippen LogP) is 0.914. The lowest BCUT2D eigenvalue weighted by Crippen LogP contribution is -2.34. The van der Waals surface area contributed by atoms with Gasteiger partial charge < -0.3 is 9.88 Å². The molecular formula is C18H12FN3O2. The predicted molar refractivity (Wildman–Crippen MR) is 87.0 cm³/mol. The highest BCUT2D eigenvalue weighted by molar-refractivity contribution is 6.23. The van der Waals surface area contributed by atoms with Crippen LogP contribution in [0.2, 0.25) is 0 Å². The van der Waals surface area contributed by atoms with Gasteiger partial charge >= 0.3 is 0 Å². The Balaban J connectivity index is 1.83. The van der Waals surface area contributed by atoms with Crippen molar-refractivity contribution in [2.45, 2.75) is 6.54 Å². The standard InChI is InChI=1S/C18H12FN3O2/c19-12-6-1-2-7-13(12)20-18(24)11-5-4-10-22-14-8-3-9-15(23)16(14)21-17(11)22/h1-9H,10H2,(H,20,24). The molecule has 5 nitrogen and oxygen atoms in total. The summed E-state index contributed by atoms with van der Waals surface area (Å²) in [6.45, 7) is 0.520. The zero-order chi connectivity index (χ0) is 16.7. The van der Waals surface area contributed by atoms with Crippen LogP contribution in [0.1, 0.15) is 10.5 Å². The van der Waals surface area contributed by atoms with Gasteiger partial charge in [0.05, 0.1) is 16.6 Å². The van der Waals surface area contributed by atoms with E-state index in [0.717, 1.165) is 0 Å². The van der Waals surface area contributed by atoms with Crippen LogP contribution in [0.5, 0.6) is 0 Å². The lowest BCUT2D eigenvalue weighted by atomic mass is 10.2. The molecule has 2 aliphatic rings. The lowest BCUT2D eigenvalue weighted by Gasteiger charge is -2.10. The van der Waals surface area contributed by atoms with Crippen LogP contribution in [0.25, 0.3) is 11.6 Å². The summed E-state index contributed by atoms with van der Waals surface area (Å²) in [4.78, 5) is 28.8. The maximum absolute atomic E-state index is 13.7. The molecule has 0 spiro atoms. The van der Waals surface area contributed by atoms with E-state index < -0.39 is 11.7 Å². The Morgan fingerprint density at radius 2 is 2.08 bits per heavy atom. The monoisotopic (exact) mass is 321 g/mol. The number of carbonyl (C=O) groups is 2. The first kappa shape index (κ1) is 14.3. The van der Waals surface area contributed by atoms with Crippen molar-refractivity contribution in [2.24, 2.45) is 0 Å².